The maximum atomic E-state index is 13.1. The molecule has 8 nitrogen and oxygen atoms in total. The summed E-state index contributed by atoms with van der Waals surface area (Å²) in [7, 11) is 0. The van der Waals surface area contributed by atoms with Gasteiger partial charge in [0, 0.05) is 12.0 Å². The van der Waals surface area contributed by atoms with Gasteiger partial charge in [-0.05, 0) is 33.9 Å². The van der Waals surface area contributed by atoms with Gasteiger partial charge < -0.3 is 0 Å². The molecule has 0 atom stereocenters. The lowest BCUT2D eigenvalue weighted by molar-refractivity contribution is 0.579. The normalized spacial score (nSPS) is 11.1. The molecular formula is C26H25N7O. The van der Waals surface area contributed by atoms with Gasteiger partial charge in [-0.3, -0.25) is 4.57 Å². The predicted octanol–water partition coefficient (Wildman–Crippen LogP) is 3.75. The van der Waals surface area contributed by atoms with Gasteiger partial charge in [0.15, 0.2) is 0 Å². The number of benzene rings is 3. The Labute approximate surface area is 196 Å². The van der Waals surface area contributed by atoms with Crippen molar-refractivity contribution in [3.63, 3.8) is 0 Å². The van der Waals surface area contributed by atoms with Crippen molar-refractivity contribution in [2.45, 2.75) is 32.9 Å². The van der Waals surface area contributed by atoms with Crippen molar-refractivity contribution in [3.8, 4) is 22.5 Å². The van der Waals surface area contributed by atoms with Crippen LogP contribution in [0.5, 0.6) is 0 Å². The number of hydrogen-bond donors (Lipinski definition) is 1. The van der Waals surface area contributed by atoms with Gasteiger partial charge in [0.05, 0.1) is 13.1 Å². The lowest BCUT2D eigenvalue weighted by atomic mass is 9.98. The number of H-pyrrole nitrogens is 1. The fourth-order valence-corrected chi connectivity index (χ4v) is 4.11. The summed E-state index contributed by atoms with van der Waals surface area (Å²) in [6.07, 6.45) is 1.47. The van der Waals surface area contributed by atoms with Crippen molar-refractivity contribution < 1.29 is 0 Å². The number of nitrogens with one attached hydrogen (secondary N) is 1. The molecule has 0 amide bonds. The Morgan fingerprint density at radius 1 is 0.853 bits per heavy atom. The Hall–Kier alpha value is -4.33. The van der Waals surface area contributed by atoms with Gasteiger partial charge in [-0.15, -0.1) is 10.2 Å². The van der Waals surface area contributed by atoms with Crippen molar-refractivity contribution in [1.29, 1.82) is 0 Å². The molecule has 0 fully saturated rings. The van der Waals surface area contributed by atoms with Crippen LogP contribution in [0.25, 0.3) is 22.5 Å². The van der Waals surface area contributed by atoms with Gasteiger partial charge in [-0.2, -0.15) is 10.3 Å². The van der Waals surface area contributed by atoms with Crippen molar-refractivity contribution in [2.75, 3.05) is 0 Å². The minimum atomic E-state index is -0.0701. The van der Waals surface area contributed by atoms with Crippen LogP contribution in [0.15, 0.2) is 83.7 Å². The molecule has 0 bridgehead atoms. The average Bonchev–Trinajstić information content (AvgIpc) is 3.53. The molecular weight excluding hydrogens is 426 g/mol. The average molecular weight is 452 g/mol. The number of tetrazole rings is 1. The summed E-state index contributed by atoms with van der Waals surface area (Å²) in [5, 5.41) is 19.0. The summed E-state index contributed by atoms with van der Waals surface area (Å²) in [5.41, 5.74) is 5.15. The highest BCUT2D eigenvalue weighted by Gasteiger charge is 2.14. The zero-order valence-electron chi connectivity index (χ0n) is 18.9. The summed E-state index contributed by atoms with van der Waals surface area (Å²) in [5.74, 6) is 1.35. The molecule has 34 heavy (non-hydrogen) atoms. The van der Waals surface area contributed by atoms with Gasteiger partial charge in [0.2, 0.25) is 5.82 Å². The Bertz CT molecular complexity index is 1420. The maximum Gasteiger partial charge on any atom is 0.346 e. The first-order valence-corrected chi connectivity index (χ1v) is 11.4. The fourth-order valence-electron chi connectivity index (χ4n) is 4.11. The molecule has 0 saturated heterocycles. The van der Waals surface area contributed by atoms with Crippen molar-refractivity contribution in [3.05, 3.63) is 106 Å². The van der Waals surface area contributed by atoms with E-state index >= 15 is 0 Å². The Morgan fingerprint density at radius 2 is 1.59 bits per heavy atom. The van der Waals surface area contributed by atoms with E-state index < -0.39 is 0 Å². The molecule has 0 saturated carbocycles. The zero-order valence-corrected chi connectivity index (χ0v) is 18.9. The molecule has 5 rings (SSSR count). The summed E-state index contributed by atoms with van der Waals surface area (Å²) in [6, 6.07) is 26.3. The molecule has 0 aliphatic carbocycles. The van der Waals surface area contributed by atoms with E-state index in [1.54, 1.807) is 9.25 Å². The van der Waals surface area contributed by atoms with Crippen LogP contribution < -0.4 is 5.69 Å². The topological polar surface area (TPSA) is 94.3 Å². The first-order valence-electron chi connectivity index (χ1n) is 11.4. The van der Waals surface area contributed by atoms with Crippen LogP contribution in [0.2, 0.25) is 0 Å². The number of aryl methyl sites for hydroxylation is 3. The number of aromatic nitrogens is 7. The van der Waals surface area contributed by atoms with Crippen LogP contribution in [-0.2, 0) is 25.9 Å². The molecule has 8 heteroatoms. The number of nitrogens with zero attached hydrogens (tertiary/aromatic N) is 6. The summed E-state index contributed by atoms with van der Waals surface area (Å²) in [4.78, 5) is 13.1. The van der Waals surface area contributed by atoms with E-state index in [0.29, 0.717) is 25.3 Å². The van der Waals surface area contributed by atoms with Crippen molar-refractivity contribution in [2.24, 2.45) is 0 Å². The second-order valence-electron chi connectivity index (χ2n) is 8.08. The first-order chi connectivity index (χ1) is 16.7. The van der Waals surface area contributed by atoms with Gasteiger partial charge in [-0.25, -0.2) is 9.48 Å². The highest BCUT2D eigenvalue weighted by atomic mass is 16.2. The molecule has 0 aliphatic heterocycles. The molecule has 0 spiro atoms. The summed E-state index contributed by atoms with van der Waals surface area (Å²) < 4.78 is 3.36. The third-order valence-electron chi connectivity index (χ3n) is 5.89. The Balaban J connectivity index is 1.37. The first kappa shape index (κ1) is 21.5. The third-order valence-corrected chi connectivity index (χ3v) is 5.89. The SMILES string of the molecule is CCc1nn(CCc2ccccc2)c(=O)n1Cc1ccc(-c2ccccc2-c2nn[nH]n2)cc1. The van der Waals surface area contributed by atoms with E-state index in [1.807, 2.05) is 49.4 Å². The van der Waals surface area contributed by atoms with Gasteiger partial charge in [0.1, 0.15) is 5.82 Å². The van der Waals surface area contributed by atoms with E-state index in [2.05, 4.69) is 62.1 Å². The van der Waals surface area contributed by atoms with Gasteiger partial charge in [0.25, 0.3) is 0 Å². The smallest absolute Gasteiger partial charge is 0.274 e. The van der Waals surface area contributed by atoms with E-state index in [4.69, 9.17) is 0 Å². The van der Waals surface area contributed by atoms with Crippen LogP contribution >= 0.6 is 0 Å². The van der Waals surface area contributed by atoms with Crippen LogP contribution in [0.1, 0.15) is 23.9 Å². The molecule has 2 aromatic heterocycles. The van der Waals surface area contributed by atoms with Crippen LogP contribution in [-0.4, -0.2) is 35.0 Å². The molecule has 3 aromatic carbocycles. The van der Waals surface area contributed by atoms with Crippen molar-refractivity contribution in [1.82, 2.24) is 35.0 Å². The summed E-state index contributed by atoms with van der Waals surface area (Å²) >= 11 is 0. The van der Waals surface area contributed by atoms with E-state index in [-0.39, 0.29) is 5.69 Å². The fraction of sp³-hybridized carbons (Fsp3) is 0.192. The maximum absolute atomic E-state index is 13.1. The zero-order chi connectivity index (χ0) is 23.3. The second-order valence-corrected chi connectivity index (χ2v) is 8.08. The highest BCUT2D eigenvalue weighted by Crippen LogP contribution is 2.29. The van der Waals surface area contributed by atoms with Crippen molar-refractivity contribution >= 4 is 0 Å². The monoisotopic (exact) mass is 451 g/mol. The number of rotatable bonds is 8. The quantitative estimate of drug-likeness (QED) is 0.388. The molecule has 0 radical (unpaired) electrons. The minimum absolute atomic E-state index is 0.0701. The Kier molecular flexibility index (Phi) is 6.11. The van der Waals surface area contributed by atoms with E-state index in [9.17, 15) is 4.79 Å². The van der Waals surface area contributed by atoms with Gasteiger partial charge in [-0.1, -0.05) is 85.8 Å². The lowest BCUT2D eigenvalue weighted by Crippen LogP contribution is -2.26. The standard InChI is InChI=1S/C26H25N7O/c1-2-24-29-33(17-16-19-8-4-3-5-9-19)26(34)32(24)18-20-12-14-21(15-13-20)22-10-6-7-11-23(22)25-27-30-31-28-25/h3-15H,2,16-18H2,1H3,(H,27,28,30,31). The molecule has 5 aromatic rings. The van der Waals surface area contributed by atoms with E-state index in [1.165, 1.54) is 5.56 Å². The van der Waals surface area contributed by atoms with Crippen LogP contribution in [0.3, 0.4) is 0 Å². The largest absolute Gasteiger partial charge is 0.346 e. The minimum Gasteiger partial charge on any atom is -0.274 e. The van der Waals surface area contributed by atoms with E-state index in [0.717, 1.165) is 34.5 Å². The molecule has 0 aliphatic rings. The highest BCUT2D eigenvalue weighted by molar-refractivity contribution is 5.80. The second kappa shape index (κ2) is 9.66. The molecule has 2 heterocycles. The molecule has 1 N–H and O–H groups in total. The molecule has 170 valence electrons. The molecule has 0 unspecified atom stereocenters. The lowest BCUT2D eigenvalue weighted by Gasteiger charge is -2.09. The van der Waals surface area contributed by atoms with Crippen LogP contribution in [0.4, 0.5) is 0 Å². The van der Waals surface area contributed by atoms with Gasteiger partial charge >= 0.3 is 5.69 Å². The number of hydrogen-bond acceptors (Lipinski definition) is 5. The predicted molar refractivity (Wildman–Crippen MR) is 130 cm³/mol. The third kappa shape index (κ3) is 4.43. The number of aromatic amines is 1. The summed E-state index contributed by atoms with van der Waals surface area (Å²) in [6.45, 7) is 3.08. The Morgan fingerprint density at radius 3 is 2.29 bits per heavy atom. The van der Waals surface area contributed by atoms with Crippen LogP contribution in [0, 0.1) is 0 Å².